The van der Waals surface area contributed by atoms with E-state index in [4.69, 9.17) is 4.52 Å². The third kappa shape index (κ3) is 2.89. The quantitative estimate of drug-likeness (QED) is 0.803. The zero-order valence-corrected chi connectivity index (χ0v) is 16.7. The van der Waals surface area contributed by atoms with Crippen LogP contribution in [0.3, 0.4) is 0 Å². The summed E-state index contributed by atoms with van der Waals surface area (Å²) in [6.07, 6.45) is 5.66. The van der Waals surface area contributed by atoms with E-state index in [1.54, 1.807) is 0 Å². The minimum absolute atomic E-state index is 0.0777. The van der Waals surface area contributed by atoms with Gasteiger partial charge in [0.05, 0.1) is 10.6 Å². The molecule has 144 valence electrons. The minimum atomic E-state index is 0.0777. The molecular weight excluding hydrogens is 362 g/mol. The molecule has 5 rings (SSSR count). The second-order valence-corrected chi connectivity index (χ2v) is 9.07. The molecule has 2 aliphatic heterocycles. The maximum Gasteiger partial charge on any atom is 0.275 e. The van der Waals surface area contributed by atoms with Crippen LogP contribution in [0.4, 0.5) is 0 Å². The highest BCUT2D eigenvalue weighted by atomic mass is 32.1. The molecule has 2 aromatic rings. The molecule has 27 heavy (non-hydrogen) atoms. The highest BCUT2D eigenvalue weighted by Gasteiger charge is 2.48. The number of hydrogen-bond acceptors (Lipinski definition) is 7. The summed E-state index contributed by atoms with van der Waals surface area (Å²) < 4.78 is 9.41. The molecule has 0 aromatic carbocycles. The summed E-state index contributed by atoms with van der Waals surface area (Å²) in [6.45, 7) is 7.52. The van der Waals surface area contributed by atoms with E-state index in [0.29, 0.717) is 11.6 Å². The van der Waals surface area contributed by atoms with Crippen molar-refractivity contribution in [1.82, 2.24) is 24.5 Å². The van der Waals surface area contributed by atoms with Gasteiger partial charge >= 0.3 is 0 Å². The van der Waals surface area contributed by atoms with Gasteiger partial charge in [0.2, 0.25) is 0 Å². The van der Waals surface area contributed by atoms with Crippen molar-refractivity contribution in [2.24, 2.45) is 0 Å². The molecule has 7 nitrogen and oxygen atoms in total. The average Bonchev–Trinajstić information content (AvgIpc) is 3.32. The normalized spacial score (nSPS) is 25.8. The number of carbonyl (C=O) groups is 1. The van der Waals surface area contributed by atoms with Crippen molar-refractivity contribution in [3.63, 3.8) is 0 Å². The summed E-state index contributed by atoms with van der Waals surface area (Å²) >= 11 is 1.40. The lowest BCUT2D eigenvalue weighted by Gasteiger charge is -2.57. The van der Waals surface area contributed by atoms with Crippen LogP contribution in [0.5, 0.6) is 0 Å². The highest BCUT2D eigenvalue weighted by molar-refractivity contribution is 7.06. The first-order chi connectivity index (χ1) is 13.1. The van der Waals surface area contributed by atoms with Crippen molar-refractivity contribution in [2.75, 3.05) is 19.6 Å². The van der Waals surface area contributed by atoms with E-state index in [0.717, 1.165) is 61.8 Å². The van der Waals surface area contributed by atoms with Gasteiger partial charge in [0.15, 0.2) is 5.69 Å². The van der Waals surface area contributed by atoms with Crippen molar-refractivity contribution in [3.05, 3.63) is 27.6 Å². The van der Waals surface area contributed by atoms with E-state index in [9.17, 15) is 4.79 Å². The lowest BCUT2D eigenvalue weighted by molar-refractivity contribution is -0.0652. The second-order valence-electron chi connectivity index (χ2n) is 8.29. The first-order valence-corrected chi connectivity index (χ1v) is 10.6. The third-order valence-electron chi connectivity index (χ3n) is 6.55. The maximum atomic E-state index is 13.2. The van der Waals surface area contributed by atoms with Crippen molar-refractivity contribution < 1.29 is 9.32 Å². The Hall–Kier alpha value is -1.80. The van der Waals surface area contributed by atoms with Crippen LogP contribution in [0.15, 0.2) is 4.52 Å². The van der Waals surface area contributed by atoms with Gasteiger partial charge in [0, 0.05) is 37.3 Å². The Labute approximate surface area is 162 Å². The van der Waals surface area contributed by atoms with Crippen molar-refractivity contribution in [2.45, 2.75) is 64.0 Å². The Bertz CT molecular complexity index is 854. The van der Waals surface area contributed by atoms with E-state index in [-0.39, 0.29) is 11.4 Å². The molecule has 0 bridgehead atoms. The first-order valence-electron chi connectivity index (χ1n) is 9.86. The Morgan fingerprint density at radius 3 is 2.81 bits per heavy atom. The van der Waals surface area contributed by atoms with E-state index in [1.165, 1.54) is 29.9 Å². The number of likely N-dealkylation sites (tertiary alicyclic amines) is 2. The van der Waals surface area contributed by atoms with Crippen LogP contribution >= 0.6 is 11.5 Å². The molecule has 0 unspecified atom stereocenters. The van der Waals surface area contributed by atoms with E-state index in [1.807, 2.05) is 18.7 Å². The Balaban J connectivity index is 1.33. The lowest BCUT2D eigenvalue weighted by Crippen LogP contribution is -2.67. The Kier molecular flexibility index (Phi) is 4.09. The molecule has 0 radical (unpaired) electrons. The van der Waals surface area contributed by atoms with Crippen molar-refractivity contribution in [3.8, 4) is 0 Å². The molecule has 2 saturated heterocycles. The van der Waals surface area contributed by atoms with Crippen LogP contribution in [-0.4, -0.2) is 55.6 Å². The molecule has 1 atom stereocenters. The SMILES string of the molecule is Cc1noc(C)c1CN1CC[C@]12CCCN(C(=O)c1nnsc1C1CC1)C2. The minimum Gasteiger partial charge on any atom is -0.361 e. The number of rotatable bonds is 4. The van der Waals surface area contributed by atoms with Gasteiger partial charge in [-0.05, 0) is 63.4 Å². The zero-order chi connectivity index (χ0) is 18.6. The van der Waals surface area contributed by atoms with E-state index in [2.05, 4.69) is 19.6 Å². The first kappa shape index (κ1) is 17.3. The predicted octanol–water partition coefficient (Wildman–Crippen LogP) is 2.90. The van der Waals surface area contributed by atoms with Gasteiger partial charge < -0.3 is 9.42 Å². The largest absolute Gasteiger partial charge is 0.361 e. The molecule has 8 heteroatoms. The summed E-state index contributed by atoms with van der Waals surface area (Å²) in [5, 5.41) is 8.28. The lowest BCUT2D eigenvalue weighted by atomic mass is 9.77. The molecule has 1 amide bonds. The summed E-state index contributed by atoms with van der Waals surface area (Å²) in [6, 6.07) is 0. The Morgan fingerprint density at radius 1 is 1.30 bits per heavy atom. The van der Waals surface area contributed by atoms with Crippen LogP contribution in [-0.2, 0) is 6.54 Å². The topological polar surface area (TPSA) is 75.4 Å². The molecule has 1 aliphatic carbocycles. The molecule has 3 fully saturated rings. The molecule has 2 aromatic heterocycles. The number of carbonyl (C=O) groups excluding carboxylic acids is 1. The van der Waals surface area contributed by atoms with Crippen LogP contribution in [0.1, 0.15) is 70.4 Å². The van der Waals surface area contributed by atoms with Gasteiger partial charge in [-0.25, -0.2) is 0 Å². The smallest absolute Gasteiger partial charge is 0.275 e. The van der Waals surface area contributed by atoms with Gasteiger partial charge in [-0.3, -0.25) is 9.69 Å². The van der Waals surface area contributed by atoms with Crippen LogP contribution in [0, 0.1) is 13.8 Å². The zero-order valence-electron chi connectivity index (χ0n) is 15.9. The van der Waals surface area contributed by atoms with Gasteiger partial charge in [0.1, 0.15) is 5.76 Å². The van der Waals surface area contributed by atoms with Gasteiger partial charge in [-0.15, -0.1) is 5.10 Å². The number of amides is 1. The molecule has 4 heterocycles. The Morgan fingerprint density at radius 2 is 2.15 bits per heavy atom. The second kappa shape index (κ2) is 6.38. The van der Waals surface area contributed by atoms with Gasteiger partial charge in [0.25, 0.3) is 5.91 Å². The number of aromatic nitrogens is 3. The highest BCUT2D eigenvalue weighted by Crippen LogP contribution is 2.44. The van der Waals surface area contributed by atoms with Gasteiger partial charge in [-0.2, -0.15) is 0 Å². The van der Waals surface area contributed by atoms with Crippen LogP contribution in [0.25, 0.3) is 0 Å². The predicted molar refractivity (Wildman–Crippen MR) is 101 cm³/mol. The van der Waals surface area contributed by atoms with E-state index >= 15 is 0 Å². The van der Waals surface area contributed by atoms with Crippen molar-refractivity contribution in [1.29, 1.82) is 0 Å². The summed E-state index contributed by atoms with van der Waals surface area (Å²) in [4.78, 5) is 18.8. The number of hydrogen-bond donors (Lipinski definition) is 0. The fourth-order valence-corrected chi connectivity index (χ4v) is 5.42. The summed E-state index contributed by atoms with van der Waals surface area (Å²) in [5.41, 5.74) is 2.86. The third-order valence-corrected chi connectivity index (χ3v) is 7.44. The number of aryl methyl sites for hydroxylation is 2. The molecule has 1 saturated carbocycles. The molecule has 0 N–H and O–H groups in total. The van der Waals surface area contributed by atoms with Crippen molar-refractivity contribution >= 4 is 17.4 Å². The molecule has 3 aliphatic rings. The van der Waals surface area contributed by atoms with Crippen LogP contribution in [0.2, 0.25) is 0 Å². The summed E-state index contributed by atoms with van der Waals surface area (Å²) in [5.74, 6) is 1.50. The standard InChI is InChI=1S/C19H25N5O2S/c1-12-15(13(2)26-21-12)10-24-9-7-19(24)6-3-8-23(11-19)18(25)16-17(14-4-5-14)27-22-20-16/h14H,3-11H2,1-2H3/t19-/m0/s1. The number of nitrogens with zero attached hydrogens (tertiary/aromatic N) is 5. The maximum absolute atomic E-state index is 13.2. The fraction of sp³-hybridized carbons (Fsp3) is 0.684. The molecular formula is C19H25N5O2S. The monoisotopic (exact) mass is 387 g/mol. The number of piperidine rings is 1. The average molecular weight is 388 g/mol. The summed E-state index contributed by atoms with van der Waals surface area (Å²) in [7, 11) is 0. The van der Waals surface area contributed by atoms with E-state index < -0.39 is 0 Å². The van der Waals surface area contributed by atoms with Gasteiger partial charge in [-0.1, -0.05) is 9.64 Å². The van der Waals surface area contributed by atoms with Crippen LogP contribution < -0.4 is 0 Å². The fourth-order valence-electron chi connectivity index (χ4n) is 4.61. The molecule has 1 spiro atoms.